The van der Waals surface area contributed by atoms with Crippen LogP contribution in [0.4, 0.5) is 0 Å². The number of thioether (sulfide) groups is 1. The van der Waals surface area contributed by atoms with Crippen LogP contribution in [0.5, 0.6) is 0 Å². The largest absolute Gasteiger partial charge is 0.387 e. The lowest BCUT2D eigenvalue weighted by Crippen LogP contribution is -2.40. The lowest BCUT2D eigenvalue weighted by molar-refractivity contribution is 0.0779. The summed E-state index contributed by atoms with van der Waals surface area (Å²) < 4.78 is 0. The number of nitrogens with one attached hydrogen (secondary N) is 1. The molecule has 2 unspecified atom stereocenters. The third kappa shape index (κ3) is 8.56. The van der Waals surface area contributed by atoms with E-state index in [1.54, 1.807) is 11.8 Å². The molecule has 4 N–H and O–H groups in total. The summed E-state index contributed by atoms with van der Waals surface area (Å²) >= 11 is 1.78. The van der Waals surface area contributed by atoms with Gasteiger partial charge in [0.1, 0.15) is 0 Å². The van der Waals surface area contributed by atoms with Gasteiger partial charge in [-0.1, -0.05) is 26.7 Å². The van der Waals surface area contributed by atoms with Crippen molar-refractivity contribution < 1.29 is 5.11 Å². The van der Waals surface area contributed by atoms with Crippen LogP contribution in [0.2, 0.25) is 0 Å². The van der Waals surface area contributed by atoms with Crippen LogP contribution in [0, 0.1) is 5.92 Å². The number of rotatable bonds is 7. The molecule has 0 aromatic rings. The summed E-state index contributed by atoms with van der Waals surface area (Å²) in [7, 11) is 0. The van der Waals surface area contributed by atoms with Gasteiger partial charge in [0, 0.05) is 11.8 Å². The standard InChI is InChI=1S/C14H29N3OS.HI/c1-11(2)5-4-6-12(3)17-13(15)16-9-14(18)7-8-19-10-14;/h11-12,18H,4-10H2,1-3H3,(H3,15,16,17);1H. The van der Waals surface area contributed by atoms with Crippen LogP contribution in [0.15, 0.2) is 4.99 Å². The Kier molecular flexibility index (Phi) is 10.3. The second-order valence-corrected chi connectivity index (χ2v) is 7.20. The van der Waals surface area contributed by atoms with Crippen LogP contribution in [0.3, 0.4) is 0 Å². The number of hydrogen-bond donors (Lipinski definition) is 3. The number of nitrogens with zero attached hydrogens (tertiary/aromatic N) is 1. The van der Waals surface area contributed by atoms with E-state index >= 15 is 0 Å². The van der Waals surface area contributed by atoms with E-state index < -0.39 is 5.60 Å². The smallest absolute Gasteiger partial charge is 0.188 e. The zero-order chi connectivity index (χ0) is 14.3. The van der Waals surface area contributed by atoms with Gasteiger partial charge in [0.05, 0.1) is 12.1 Å². The molecular weight excluding hydrogens is 385 g/mol. The third-order valence-electron chi connectivity index (χ3n) is 3.44. The maximum absolute atomic E-state index is 10.2. The number of nitrogens with two attached hydrogens (primary N) is 1. The maximum Gasteiger partial charge on any atom is 0.188 e. The van der Waals surface area contributed by atoms with E-state index in [1.807, 2.05) is 0 Å². The molecule has 1 aliphatic rings. The average Bonchev–Trinajstić information content (AvgIpc) is 2.74. The van der Waals surface area contributed by atoms with E-state index in [0.29, 0.717) is 18.5 Å². The van der Waals surface area contributed by atoms with E-state index in [9.17, 15) is 5.11 Å². The molecule has 1 heterocycles. The van der Waals surface area contributed by atoms with Crippen molar-refractivity contribution in [1.29, 1.82) is 0 Å². The van der Waals surface area contributed by atoms with Crippen LogP contribution < -0.4 is 11.1 Å². The molecule has 0 aromatic heterocycles. The number of guanidine groups is 1. The Balaban J connectivity index is 0.00000361. The minimum atomic E-state index is -0.641. The zero-order valence-electron chi connectivity index (χ0n) is 12.9. The second kappa shape index (κ2) is 10.1. The molecule has 20 heavy (non-hydrogen) atoms. The first-order chi connectivity index (χ1) is 8.91. The van der Waals surface area contributed by atoms with Gasteiger partial charge < -0.3 is 16.2 Å². The van der Waals surface area contributed by atoms with Crippen LogP contribution in [0.25, 0.3) is 0 Å². The summed E-state index contributed by atoms with van der Waals surface area (Å²) in [4.78, 5) is 4.28. The van der Waals surface area contributed by atoms with Gasteiger partial charge in [-0.2, -0.15) is 11.8 Å². The molecule has 2 atom stereocenters. The molecule has 0 saturated carbocycles. The first-order valence-electron chi connectivity index (χ1n) is 7.28. The second-order valence-electron chi connectivity index (χ2n) is 6.10. The van der Waals surface area contributed by atoms with Crippen LogP contribution in [-0.2, 0) is 0 Å². The first-order valence-corrected chi connectivity index (χ1v) is 8.43. The van der Waals surface area contributed by atoms with Gasteiger partial charge in [-0.25, -0.2) is 0 Å². The fraction of sp³-hybridized carbons (Fsp3) is 0.929. The molecule has 120 valence electrons. The summed E-state index contributed by atoms with van der Waals surface area (Å²) in [6, 6.07) is 0.343. The van der Waals surface area contributed by atoms with Crippen molar-refractivity contribution in [3.63, 3.8) is 0 Å². The van der Waals surface area contributed by atoms with Crippen molar-refractivity contribution in [2.75, 3.05) is 18.1 Å². The summed E-state index contributed by atoms with van der Waals surface area (Å²) in [6.07, 6.45) is 4.38. The molecule has 1 saturated heterocycles. The minimum Gasteiger partial charge on any atom is -0.387 e. The van der Waals surface area contributed by atoms with Crippen molar-refractivity contribution in [3.8, 4) is 0 Å². The van der Waals surface area contributed by atoms with E-state index in [1.165, 1.54) is 12.8 Å². The number of halogens is 1. The Morgan fingerprint density at radius 2 is 2.10 bits per heavy atom. The quantitative estimate of drug-likeness (QED) is 0.340. The van der Waals surface area contributed by atoms with Crippen molar-refractivity contribution in [1.82, 2.24) is 5.32 Å². The predicted molar refractivity (Wildman–Crippen MR) is 100 cm³/mol. The van der Waals surface area contributed by atoms with E-state index in [2.05, 4.69) is 31.1 Å². The highest BCUT2D eigenvalue weighted by molar-refractivity contribution is 14.0. The van der Waals surface area contributed by atoms with Gasteiger partial charge in [0.15, 0.2) is 5.96 Å². The molecular formula is C14H30IN3OS. The number of hydrogen-bond acceptors (Lipinski definition) is 3. The molecule has 0 amide bonds. The fourth-order valence-electron chi connectivity index (χ4n) is 2.16. The van der Waals surface area contributed by atoms with Gasteiger partial charge in [0.25, 0.3) is 0 Å². The van der Waals surface area contributed by atoms with Crippen LogP contribution in [-0.4, -0.2) is 40.8 Å². The molecule has 0 aromatic carbocycles. The molecule has 1 rings (SSSR count). The van der Waals surface area contributed by atoms with Crippen LogP contribution >= 0.6 is 35.7 Å². The van der Waals surface area contributed by atoms with Gasteiger partial charge in [-0.3, -0.25) is 4.99 Å². The number of aliphatic imine (C=N–C) groups is 1. The Bertz CT molecular complexity index is 294. The van der Waals surface area contributed by atoms with Crippen molar-refractivity contribution in [2.24, 2.45) is 16.6 Å². The van der Waals surface area contributed by atoms with E-state index in [4.69, 9.17) is 5.73 Å². The monoisotopic (exact) mass is 415 g/mol. The Hall–Kier alpha value is 0.310. The predicted octanol–water partition coefficient (Wildman–Crippen LogP) is 2.59. The third-order valence-corrected chi connectivity index (χ3v) is 4.67. The maximum atomic E-state index is 10.2. The van der Waals surface area contributed by atoms with Gasteiger partial charge >= 0.3 is 0 Å². The SMILES string of the molecule is CC(C)CCCC(C)NC(N)=NCC1(O)CCSC1.I. The molecule has 1 aliphatic heterocycles. The van der Waals surface area contributed by atoms with Crippen molar-refractivity contribution in [3.05, 3.63) is 0 Å². The molecule has 6 heteroatoms. The van der Waals surface area contributed by atoms with E-state index in [0.717, 1.165) is 30.3 Å². The normalized spacial score (nSPS) is 24.6. The average molecular weight is 415 g/mol. The zero-order valence-corrected chi connectivity index (χ0v) is 16.0. The van der Waals surface area contributed by atoms with Crippen molar-refractivity contribution >= 4 is 41.7 Å². The molecule has 0 radical (unpaired) electrons. The Morgan fingerprint density at radius 1 is 1.40 bits per heavy atom. The molecule has 0 spiro atoms. The topological polar surface area (TPSA) is 70.6 Å². The lowest BCUT2D eigenvalue weighted by atomic mass is 10.0. The lowest BCUT2D eigenvalue weighted by Gasteiger charge is -2.20. The van der Waals surface area contributed by atoms with Gasteiger partial charge in [-0.05, 0) is 31.4 Å². The summed E-state index contributed by atoms with van der Waals surface area (Å²) in [5, 5.41) is 13.4. The van der Waals surface area contributed by atoms with Crippen molar-refractivity contribution in [2.45, 2.75) is 58.1 Å². The minimum absolute atomic E-state index is 0. The molecule has 0 aliphatic carbocycles. The highest BCUT2D eigenvalue weighted by Gasteiger charge is 2.31. The van der Waals surface area contributed by atoms with E-state index in [-0.39, 0.29) is 24.0 Å². The van der Waals surface area contributed by atoms with Crippen LogP contribution in [0.1, 0.15) is 46.5 Å². The Labute approximate surface area is 144 Å². The molecule has 4 nitrogen and oxygen atoms in total. The highest BCUT2D eigenvalue weighted by atomic mass is 127. The van der Waals surface area contributed by atoms with Gasteiger partial charge in [-0.15, -0.1) is 24.0 Å². The number of aliphatic hydroxyl groups is 1. The Morgan fingerprint density at radius 3 is 2.65 bits per heavy atom. The van der Waals surface area contributed by atoms with Gasteiger partial charge in [0.2, 0.25) is 0 Å². The first kappa shape index (κ1) is 20.3. The fourth-order valence-corrected chi connectivity index (χ4v) is 3.44. The molecule has 1 fully saturated rings. The summed E-state index contributed by atoms with van der Waals surface area (Å²) in [5.74, 6) is 3.01. The molecule has 0 bridgehead atoms. The summed E-state index contributed by atoms with van der Waals surface area (Å²) in [5.41, 5.74) is 5.22. The highest BCUT2D eigenvalue weighted by Crippen LogP contribution is 2.27. The summed E-state index contributed by atoms with van der Waals surface area (Å²) in [6.45, 7) is 7.03.